The van der Waals surface area contributed by atoms with Crippen LogP contribution in [-0.2, 0) is 10.0 Å². The van der Waals surface area contributed by atoms with Crippen molar-refractivity contribution in [3.05, 3.63) is 51.4 Å². The molecule has 2 aromatic carbocycles. The number of nitrogens with one attached hydrogen (secondary N) is 1. The van der Waals surface area contributed by atoms with Gasteiger partial charge in [0.1, 0.15) is 0 Å². The number of hydrogen-bond donors (Lipinski definition) is 2. The van der Waals surface area contributed by atoms with E-state index in [4.69, 9.17) is 5.73 Å². The summed E-state index contributed by atoms with van der Waals surface area (Å²) in [5.74, 6) is 0. The number of nitrogens with two attached hydrogens (primary N) is 1. The maximum absolute atomic E-state index is 12.1. The number of rotatable bonds is 3. The lowest BCUT2D eigenvalue weighted by Gasteiger charge is -2.10. The van der Waals surface area contributed by atoms with E-state index in [1.54, 1.807) is 30.3 Å². The zero-order valence-corrected chi connectivity index (χ0v) is 13.6. The van der Waals surface area contributed by atoms with Gasteiger partial charge in [-0.1, -0.05) is 18.2 Å². The summed E-state index contributed by atoms with van der Waals surface area (Å²) in [6.45, 7) is 0. The van der Waals surface area contributed by atoms with Crippen molar-refractivity contribution in [2.45, 2.75) is 4.90 Å². The summed E-state index contributed by atoms with van der Waals surface area (Å²) in [5, 5.41) is 0. The third-order valence-electron chi connectivity index (χ3n) is 2.38. The quantitative estimate of drug-likeness (QED) is 0.766. The van der Waals surface area contributed by atoms with E-state index in [1.165, 1.54) is 12.1 Å². The second kappa shape index (κ2) is 5.52. The Morgan fingerprint density at radius 2 is 1.53 bits per heavy atom. The highest BCUT2D eigenvalue weighted by Gasteiger charge is 2.14. The minimum Gasteiger partial charge on any atom is -0.397 e. The van der Waals surface area contributed by atoms with Gasteiger partial charge < -0.3 is 5.73 Å². The zero-order chi connectivity index (χ0) is 14.0. The highest BCUT2D eigenvalue weighted by molar-refractivity contribution is 9.11. The van der Waals surface area contributed by atoms with Gasteiger partial charge in [-0.2, -0.15) is 0 Å². The molecule has 0 radical (unpaired) electrons. The minimum atomic E-state index is -3.59. The third-order valence-corrected chi connectivity index (χ3v) is 5.09. The molecule has 0 aliphatic rings. The molecule has 0 heterocycles. The Kier molecular flexibility index (Phi) is 4.17. The molecule has 0 atom stereocenters. The van der Waals surface area contributed by atoms with Crippen LogP contribution < -0.4 is 10.5 Å². The molecule has 0 aliphatic carbocycles. The summed E-state index contributed by atoms with van der Waals surface area (Å²) in [6, 6.07) is 11.4. The molecule has 0 bridgehead atoms. The van der Waals surface area contributed by atoms with Gasteiger partial charge in [0.2, 0.25) is 0 Å². The fourth-order valence-electron chi connectivity index (χ4n) is 1.46. The van der Waals surface area contributed by atoms with Crippen LogP contribution in [-0.4, -0.2) is 8.42 Å². The van der Waals surface area contributed by atoms with Crippen molar-refractivity contribution < 1.29 is 8.42 Å². The second-order valence-electron chi connectivity index (χ2n) is 3.77. The molecule has 0 saturated heterocycles. The summed E-state index contributed by atoms with van der Waals surface area (Å²) in [4.78, 5) is 0.207. The van der Waals surface area contributed by atoms with Gasteiger partial charge in [-0.25, -0.2) is 8.42 Å². The largest absolute Gasteiger partial charge is 0.397 e. The van der Waals surface area contributed by atoms with E-state index in [0.717, 1.165) is 0 Å². The van der Waals surface area contributed by atoms with Crippen LogP contribution in [0.1, 0.15) is 0 Å². The zero-order valence-electron chi connectivity index (χ0n) is 9.60. The van der Waals surface area contributed by atoms with Crippen LogP contribution in [0.3, 0.4) is 0 Å². The summed E-state index contributed by atoms with van der Waals surface area (Å²) in [7, 11) is -3.59. The van der Waals surface area contributed by atoms with Crippen molar-refractivity contribution in [1.82, 2.24) is 0 Å². The Bertz CT molecular complexity index is 680. The first kappa shape index (κ1) is 14.4. The first-order valence-electron chi connectivity index (χ1n) is 5.22. The van der Waals surface area contributed by atoms with Gasteiger partial charge in [-0.05, 0) is 56.1 Å². The average Bonchev–Trinajstić information content (AvgIpc) is 2.36. The second-order valence-corrected chi connectivity index (χ2v) is 7.16. The maximum Gasteiger partial charge on any atom is 0.261 e. The first-order chi connectivity index (χ1) is 8.90. The van der Waals surface area contributed by atoms with Crippen LogP contribution in [0.2, 0.25) is 0 Å². The standard InChI is InChI=1S/C12H10Br2N2O2S/c13-10-6-8(7-11(14)12(10)15)16-19(17,18)9-4-2-1-3-5-9/h1-7,16H,15H2. The normalized spacial score (nSPS) is 11.3. The van der Waals surface area contributed by atoms with Crippen molar-refractivity contribution in [3.63, 3.8) is 0 Å². The number of halogens is 2. The van der Waals surface area contributed by atoms with Crippen molar-refractivity contribution >= 4 is 53.3 Å². The predicted octanol–water partition coefficient (Wildman–Crippen LogP) is 3.59. The minimum absolute atomic E-state index is 0.207. The van der Waals surface area contributed by atoms with Gasteiger partial charge in [-0.15, -0.1) is 0 Å². The maximum atomic E-state index is 12.1. The molecule has 0 unspecified atom stereocenters. The van der Waals surface area contributed by atoms with Crippen molar-refractivity contribution in [2.24, 2.45) is 0 Å². The highest BCUT2D eigenvalue weighted by atomic mass is 79.9. The van der Waals surface area contributed by atoms with Crippen molar-refractivity contribution in [1.29, 1.82) is 0 Å². The number of anilines is 2. The fraction of sp³-hybridized carbons (Fsp3) is 0. The van der Waals surface area contributed by atoms with Gasteiger partial charge in [0.15, 0.2) is 0 Å². The molecular weight excluding hydrogens is 396 g/mol. The summed E-state index contributed by atoms with van der Waals surface area (Å²) >= 11 is 6.54. The van der Waals surface area contributed by atoms with Crippen LogP contribution in [0, 0.1) is 0 Å². The highest BCUT2D eigenvalue weighted by Crippen LogP contribution is 2.32. The summed E-state index contributed by atoms with van der Waals surface area (Å²) in [5.41, 5.74) is 6.70. The molecule has 0 spiro atoms. The molecule has 100 valence electrons. The van der Waals surface area contributed by atoms with Crippen LogP contribution in [0.15, 0.2) is 56.3 Å². The van der Waals surface area contributed by atoms with Crippen LogP contribution in [0.4, 0.5) is 11.4 Å². The van der Waals surface area contributed by atoms with E-state index in [2.05, 4.69) is 36.6 Å². The van der Waals surface area contributed by atoms with E-state index in [-0.39, 0.29) is 4.90 Å². The lowest BCUT2D eigenvalue weighted by molar-refractivity contribution is 0.601. The number of hydrogen-bond acceptors (Lipinski definition) is 3. The molecule has 0 fully saturated rings. The summed E-state index contributed by atoms with van der Waals surface area (Å²) in [6.07, 6.45) is 0. The molecule has 4 nitrogen and oxygen atoms in total. The SMILES string of the molecule is Nc1c(Br)cc(NS(=O)(=O)c2ccccc2)cc1Br. The number of benzene rings is 2. The van der Waals surface area contributed by atoms with Crippen molar-refractivity contribution in [3.8, 4) is 0 Å². The predicted molar refractivity (Wildman–Crippen MR) is 83.5 cm³/mol. The van der Waals surface area contributed by atoms with E-state index < -0.39 is 10.0 Å². The van der Waals surface area contributed by atoms with E-state index in [1.807, 2.05) is 0 Å². The average molecular weight is 406 g/mol. The van der Waals surface area contributed by atoms with E-state index in [0.29, 0.717) is 20.3 Å². The molecular formula is C12H10Br2N2O2S. The van der Waals surface area contributed by atoms with Gasteiger partial charge in [0.05, 0.1) is 16.3 Å². The molecule has 0 amide bonds. The molecule has 2 aromatic rings. The topological polar surface area (TPSA) is 72.2 Å². The Hall–Kier alpha value is -1.05. The Labute approximate surface area is 128 Å². The molecule has 2 rings (SSSR count). The van der Waals surface area contributed by atoms with Crippen LogP contribution in [0.25, 0.3) is 0 Å². The Morgan fingerprint density at radius 1 is 1.00 bits per heavy atom. The molecule has 3 N–H and O–H groups in total. The smallest absolute Gasteiger partial charge is 0.261 e. The fourth-order valence-corrected chi connectivity index (χ4v) is 3.70. The monoisotopic (exact) mass is 404 g/mol. The third kappa shape index (κ3) is 3.29. The molecule has 0 aromatic heterocycles. The molecule has 0 aliphatic heterocycles. The Morgan fingerprint density at radius 3 is 2.05 bits per heavy atom. The van der Waals surface area contributed by atoms with E-state index in [9.17, 15) is 8.42 Å². The molecule has 0 saturated carbocycles. The van der Waals surface area contributed by atoms with Gasteiger partial charge in [0, 0.05) is 8.95 Å². The van der Waals surface area contributed by atoms with Crippen LogP contribution in [0.5, 0.6) is 0 Å². The van der Waals surface area contributed by atoms with Gasteiger partial charge in [0.25, 0.3) is 10.0 Å². The van der Waals surface area contributed by atoms with E-state index >= 15 is 0 Å². The lowest BCUT2D eigenvalue weighted by atomic mass is 10.3. The number of sulfonamides is 1. The first-order valence-corrected chi connectivity index (χ1v) is 8.29. The molecule has 7 heteroatoms. The summed E-state index contributed by atoms with van der Waals surface area (Å²) < 4.78 is 28.0. The van der Waals surface area contributed by atoms with Gasteiger partial charge >= 0.3 is 0 Å². The molecule has 19 heavy (non-hydrogen) atoms. The van der Waals surface area contributed by atoms with Crippen molar-refractivity contribution in [2.75, 3.05) is 10.5 Å². The van der Waals surface area contributed by atoms with Gasteiger partial charge in [-0.3, -0.25) is 4.72 Å². The lowest BCUT2D eigenvalue weighted by Crippen LogP contribution is -2.13. The van der Waals surface area contributed by atoms with Crippen LogP contribution >= 0.6 is 31.9 Å². The number of nitrogen functional groups attached to an aromatic ring is 1. The Balaban J connectivity index is 2.37.